The van der Waals surface area contributed by atoms with E-state index >= 15 is 0 Å². The number of aromatic nitrogens is 3. The van der Waals surface area contributed by atoms with Crippen molar-refractivity contribution in [1.29, 1.82) is 0 Å². The Balaban J connectivity index is 1.63. The van der Waals surface area contributed by atoms with Gasteiger partial charge in [0, 0.05) is 36.1 Å². The van der Waals surface area contributed by atoms with Crippen LogP contribution in [0.3, 0.4) is 0 Å². The number of anilines is 1. The van der Waals surface area contributed by atoms with Gasteiger partial charge in [-0.05, 0) is 31.2 Å². The van der Waals surface area contributed by atoms with Gasteiger partial charge in [0.2, 0.25) is 0 Å². The number of amides is 1. The van der Waals surface area contributed by atoms with Gasteiger partial charge in [-0.2, -0.15) is 0 Å². The monoisotopic (exact) mass is 396 g/mol. The largest absolute Gasteiger partial charge is 0.420 e. The summed E-state index contributed by atoms with van der Waals surface area (Å²) in [6, 6.07) is 6.34. The summed E-state index contributed by atoms with van der Waals surface area (Å²) in [5, 5.41) is 2.36. The summed E-state index contributed by atoms with van der Waals surface area (Å²) in [7, 11) is 1.57. The summed E-state index contributed by atoms with van der Waals surface area (Å²) >= 11 is 0. The van der Waals surface area contributed by atoms with Crippen LogP contribution in [0.5, 0.6) is 0 Å². The summed E-state index contributed by atoms with van der Waals surface area (Å²) in [6.07, 6.45) is 3.07. The predicted octanol–water partition coefficient (Wildman–Crippen LogP) is 3.43. The van der Waals surface area contributed by atoms with Gasteiger partial charge in [0.25, 0.3) is 5.91 Å². The lowest BCUT2D eigenvalue weighted by Crippen LogP contribution is -2.16. The molecule has 29 heavy (non-hydrogen) atoms. The van der Waals surface area contributed by atoms with Crippen LogP contribution >= 0.6 is 0 Å². The van der Waals surface area contributed by atoms with Crippen molar-refractivity contribution in [1.82, 2.24) is 14.5 Å². The van der Waals surface area contributed by atoms with Crippen LogP contribution in [-0.2, 0) is 7.05 Å². The van der Waals surface area contributed by atoms with Gasteiger partial charge in [-0.25, -0.2) is 23.5 Å². The Kier molecular flexibility index (Phi) is 4.42. The topological polar surface area (TPSA) is 90.0 Å². The van der Waals surface area contributed by atoms with E-state index in [0.29, 0.717) is 27.9 Å². The Hall–Kier alpha value is -3.88. The van der Waals surface area contributed by atoms with Crippen LogP contribution in [0.4, 0.5) is 14.6 Å². The summed E-state index contributed by atoms with van der Waals surface area (Å²) in [5.41, 5.74) is 2.20. The molecule has 0 atom stereocenters. The standard InChI is InChI=1S/C20H14F2N4O3/c1-10-12(9-24-18-17(10)29-20(28)26(18)2)11-6-7-15(23-8-11)25-19(27)16-13(21)4-3-5-14(16)22/h3-9H,1-2H3,(H,23,25,27). The zero-order valence-electron chi connectivity index (χ0n) is 15.4. The maximum atomic E-state index is 13.7. The second kappa shape index (κ2) is 6.93. The highest BCUT2D eigenvalue weighted by Gasteiger charge is 2.18. The number of rotatable bonds is 3. The molecule has 4 rings (SSSR count). The number of carbonyl (C=O) groups is 1. The van der Waals surface area contributed by atoms with Gasteiger partial charge >= 0.3 is 5.76 Å². The van der Waals surface area contributed by atoms with Crippen LogP contribution in [0.2, 0.25) is 0 Å². The van der Waals surface area contributed by atoms with Gasteiger partial charge in [-0.3, -0.25) is 9.36 Å². The highest BCUT2D eigenvalue weighted by molar-refractivity contribution is 6.04. The number of nitrogens with one attached hydrogen (secondary N) is 1. The number of hydrogen-bond donors (Lipinski definition) is 1. The van der Waals surface area contributed by atoms with Gasteiger partial charge in [0.1, 0.15) is 23.0 Å². The fraction of sp³-hybridized carbons (Fsp3) is 0.100. The number of halogens is 2. The molecule has 0 aliphatic heterocycles. The van der Waals surface area contributed by atoms with E-state index in [9.17, 15) is 18.4 Å². The Morgan fingerprint density at radius 1 is 1.10 bits per heavy atom. The average molecular weight is 396 g/mol. The molecule has 9 heteroatoms. The number of pyridine rings is 2. The first-order chi connectivity index (χ1) is 13.9. The van der Waals surface area contributed by atoms with Crippen molar-refractivity contribution in [3.8, 4) is 11.1 Å². The van der Waals surface area contributed by atoms with Gasteiger partial charge in [-0.15, -0.1) is 0 Å². The molecule has 1 N–H and O–H groups in total. The van der Waals surface area contributed by atoms with Crippen molar-refractivity contribution in [2.45, 2.75) is 6.92 Å². The fourth-order valence-electron chi connectivity index (χ4n) is 2.99. The van der Waals surface area contributed by atoms with Crippen LogP contribution in [0.25, 0.3) is 22.4 Å². The molecule has 146 valence electrons. The molecule has 0 radical (unpaired) electrons. The van der Waals surface area contributed by atoms with Gasteiger partial charge in [0.05, 0.1) is 0 Å². The Morgan fingerprint density at radius 3 is 2.48 bits per heavy atom. The van der Waals surface area contributed by atoms with E-state index in [1.165, 1.54) is 22.9 Å². The summed E-state index contributed by atoms with van der Waals surface area (Å²) < 4.78 is 34.0. The molecule has 0 aliphatic carbocycles. The van der Waals surface area contributed by atoms with Gasteiger partial charge in [-0.1, -0.05) is 6.07 Å². The van der Waals surface area contributed by atoms with E-state index < -0.39 is 28.9 Å². The third kappa shape index (κ3) is 3.16. The lowest BCUT2D eigenvalue weighted by molar-refractivity contribution is 0.101. The Bertz CT molecular complexity index is 1290. The maximum absolute atomic E-state index is 13.7. The molecule has 3 aromatic heterocycles. The SMILES string of the molecule is Cc1c(-c2ccc(NC(=O)c3c(F)cccc3F)nc2)cnc2c1oc(=O)n2C. The Labute approximate surface area is 162 Å². The minimum absolute atomic E-state index is 0.124. The van der Waals surface area contributed by atoms with Crippen LogP contribution < -0.4 is 11.1 Å². The highest BCUT2D eigenvalue weighted by atomic mass is 19.1. The number of fused-ring (bicyclic) bond motifs is 1. The van der Waals surface area contributed by atoms with E-state index in [1.54, 1.807) is 26.2 Å². The van der Waals surface area contributed by atoms with E-state index in [0.717, 1.165) is 12.1 Å². The zero-order chi connectivity index (χ0) is 20.7. The van der Waals surface area contributed by atoms with Crippen molar-refractivity contribution in [2.24, 2.45) is 7.05 Å². The number of carbonyl (C=O) groups excluding carboxylic acids is 1. The lowest BCUT2D eigenvalue weighted by Gasteiger charge is -2.09. The number of oxazole rings is 1. The fourth-order valence-corrected chi connectivity index (χ4v) is 2.99. The molecule has 0 spiro atoms. The number of hydrogen-bond acceptors (Lipinski definition) is 5. The van der Waals surface area contributed by atoms with Crippen LogP contribution in [-0.4, -0.2) is 20.4 Å². The summed E-state index contributed by atoms with van der Waals surface area (Å²) in [4.78, 5) is 32.2. The zero-order valence-corrected chi connectivity index (χ0v) is 15.4. The van der Waals surface area contributed by atoms with Crippen LogP contribution in [0.15, 0.2) is 51.9 Å². The molecule has 0 bridgehead atoms. The third-order valence-electron chi connectivity index (χ3n) is 4.55. The molecule has 0 aliphatic rings. The van der Waals surface area contributed by atoms with E-state index in [2.05, 4.69) is 15.3 Å². The number of aryl methyl sites for hydroxylation is 2. The molecule has 3 heterocycles. The van der Waals surface area contributed by atoms with Gasteiger partial charge < -0.3 is 9.73 Å². The third-order valence-corrected chi connectivity index (χ3v) is 4.55. The van der Waals surface area contributed by atoms with Crippen molar-refractivity contribution in [3.63, 3.8) is 0 Å². The van der Waals surface area contributed by atoms with Crippen molar-refractivity contribution in [2.75, 3.05) is 5.32 Å². The molecule has 4 aromatic rings. The average Bonchev–Trinajstić information content (AvgIpc) is 2.98. The number of benzene rings is 1. The number of nitrogens with zero attached hydrogens (tertiary/aromatic N) is 3. The van der Waals surface area contributed by atoms with Crippen molar-refractivity contribution < 1.29 is 18.0 Å². The van der Waals surface area contributed by atoms with Crippen LogP contribution in [0.1, 0.15) is 15.9 Å². The molecule has 0 fully saturated rings. The second-order valence-corrected chi connectivity index (χ2v) is 6.36. The molecule has 0 unspecified atom stereocenters. The quantitative estimate of drug-likeness (QED) is 0.573. The Morgan fingerprint density at radius 2 is 1.83 bits per heavy atom. The smallest absolute Gasteiger partial charge is 0.406 e. The maximum Gasteiger partial charge on any atom is 0.420 e. The minimum atomic E-state index is -0.960. The minimum Gasteiger partial charge on any atom is -0.406 e. The predicted molar refractivity (Wildman–Crippen MR) is 102 cm³/mol. The second-order valence-electron chi connectivity index (χ2n) is 6.36. The molecular formula is C20H14F2N4O3. The van der Waals surface area contributed by atoms with Crippen LogP contribution in [0, 0.1) is 18.6 Å². The highest BCUT2D eigenvalue weighted by Crippen LogP contribution is 2.27. The molecule has 1 amide bonds. The molecule has 0 saturated heterocycles. The van der Waals surface area contributed by atoms with Crippen molar-refractivity contribution in [3.05, 3.63) is 76.0 Å². The van der Waals surface area contributed by atoms with E-state index in [-0.39, 0.29) is 5.82 Å². The molecule has 1 aromatic carbocycles. The summed E-state index contributed by atoms with van der Waals surface area (Å²) in [6.45, 7) is 1.79. The molecule has 0 saturated carbocycles. The molecule has 7 nitrogen and oxygen atoms in total. The van der Waals surface area contributed by atoms with Gasteiger partial charge in [0.15, 0.2) is 11.2 Å². The normalized spacial score (nSPS) is 11.0. The first-order valence-corrected chi connectivity index (χ1v) is 8.53. The lowest BCUT2D eigenvalue weighted by atomic mass is 10.0. The first kappa shape index (κ1) is 18.5. The van der Waals surface area contributed by atoms with E-state index in [4.69, 9.17) is 4.42 Å². The van der Waals surface area contributed by atoms with Crippen molar-refractivity contribution >= 4 is 23.0 Å². The first-order valence-electron chi connectivity index (χ1n) is 8.53. The molecular weight excluding hydrogens is 382 g/mol. The van der Waals surface area contributed by atoms with E-state index in [1.807, 2.05) is 0 Å². The summed E-state index contributed by atoms with van der Waals surface area (Å²) in [5.74, 6) is -3.24.